The molecule has 1 unspecified atom stereocenters. The number of hydrogen-bond donors (Lipinski definition) is 1. The van der Waals surface area contributed by atoms with Crippen molar-refractivity contribution in [2.24, 2.45) is 0 Å². The van der Waals surface area contributed by atoms with Gasteiger partial charge in [0, 0.05) is 5.56 Å². The smallest absolute Gasteiger partial charge is 0.428 e. The monoisotopic (exact) mass is 520 g/mol. The molecule has 0 saturated heterocycles. The molecule has 184 valence electrons. The highest BCUT2D eigenvalue weighted by atomic mass is 35.5. The first kappa shape index (κ1) is 25.6. The van der Waals surface area contributed by atoms with Gasteiger partial charge in [-0.3, -0.25) is 10.3 Å². The highest BCUT2D eigenvalue weighted by molar-refractivity contribution is 6.32. The number of hydroxylamine groups is 1. The van der Waals surface area contributed by atoms with Crippen LogP contribution in [-0.4, -0.2) is 24.2 Å². The lowest BCUT2D eigenvalue weighted by molar-refractivity contribution is -0.269. The van der Waals surface area contributed by atoms with Gasteiger partial charge >= 0.3 is 24.5 Å². The van der Waals surface area contributed by atoms with Crippen molar-refractivity contribution in [3.63, 3.8) is 0 Å². The second-order valence-corrected chi connectivity index (χ2v) is 7.17. The quantitative estimate of drug-likeness (QED) is 0.311. The normalized spacial score (nSPS) is 19.0. The molecular weight excluding hydrogens is 511 g/mol. The summed E-state index contributed by atoms with van der Waals surface area (Å²) in [5.41, 5.74) is -8.53. The summed E-state index contributed by atoms with van der Waals surface area (Å²) in [6.45, 7) is 0. The molecule has 3 rings (SSSR count). The number of alkyl halides is 9. The Bertz CT molecular complexity index is 1130. The van der Waals surface area contributed by atoms with Crippen LogP contribution in [0, 0.1) is 0 Å². The number of rotatable bonds is 3. The van der Waals surface area contributed by atoms with Crippen molar-refractivity contribution in [2.75, 3.05) is 7.11 Å². The molecule has 5 nitrogen and oxygen atoms in total. The van der Waals surface area contributed by atoms with Gasteiger partial charge in [0.15, 0.2) is 0 Å². The molecule has 0 aliphatic carbocycles. The first-order valence-electron chi connectivity index (χ1n) is 8.78. The van der Waals surface area contributed by atoms with Crippen molar-refractivity contribution in [3.8, 4) is 0 Å². The molecule has 34 heavy (non-hydrogen) atoms. The Morgan fingerprint density at radius 1 is 1.00 bits per heavy atom. The number of nitrogens with zero attached hydrogens (tertiary/aromatic N) is 1. The third-order valence-corrected chi connectivity index (χ3v) is 4.93. The number of carbonyl (C=O) groups excluding carboxylic acids is 1. The number of hydrogen-bond acceptors (Lipinski definition) is 5. The Morgan fingerprint density at radius 2 is 1.56 bits per heavy atom. The molecule has 1 N–H and O–H groups in total. The molecule has 0 spiro atoms. The number of methoxy groups -OCH3 is 1. The van der Waals surface area contributed by atoms with Gasteiger partial charge in [0.2, 0.25) is 5.60 Å². The molecule has 1 atom stereocenters. The molecule has 2 heterocycles. The van der Waals surface area contributed by atoms with Gasteiger partial charge in [0.05, 0.1) is 35.2 Å². The van der Waals surface area contributed by atoms with Gasteiger partial charge in [-0.15, -0.1) is 0 Å². The standard InChI is InChI=1S/C19H10ClF9N2O3/c1-33-15(32)11-2-3-12(30-14(11)20)13-7-16(34-31-13,19(27,28)29)8-4-9(17(21,22)23)6-10(5-8)18(24,25)26/h2-7,31H,1H3. The lowest BCUT2D eigenvalue weighted by atomic mass is 9.89. The van der Waals surface area contributed by atoms with Crippen LogP contribution in [0.2, 0.25) is 5.15 Å². The van der Waals surface area contributed by atoms with Crippen LogP contribution in [0.1, 0.15) is 32.7 Å². The zero-order valence-electron chi connectivity index (χ0n) is 16.4. The molecule has 2 aromatic rings. The predicted octanol–water partition coefficient (Wildman–Crippen LogP) is 5.89. The molecule has 1 aromatic carbocycles. The SMILES string of the molecule is COC(=O)c1ccc(C2=CC(c3cc(C(F)(F)F)cc(C(F)(F)F)c3)(C(F)(F)F)ON2)nc1Cl. The van der Waals surface area contributed by atoms with Crippen molar-refractivity contribution in [2.45, 2.75) is 24.1 Å². The van der Waals surface area contributed by atoms with E-state index in [9.17, 15) is 44.3 Å². The van der Waals surface area contributed by atoms with Gasteiger partial charge in [-0.05, 0) is 36.4 Å². The van der Waals surface area contributed by atoms with Crippen molar-refractivity contribution < 1.29 is 53.9 Å². The average Bonchev–Trinajstić information content (AvgIpc) is 3.18. The molecule has 0 saturated carbocycles. The number of ether oxygens (including phenoxy) is 1. The molecule has 0 fully saturated rings. The van der Waals surface area contributed by atoms with E-state index in [1.54, 1.807) is 0 Å². The summed E-state index contributed by atoms with van der Waals surface area (Å²) in [5.74, 6) is -0.915. The summed E-state index contributed by atoms with van der Waals surface area (Å²) < 4.78 is 126. The Morgan fingerprint density at radius 3 is 2.00 bits per heavy atom. The van der Waals surface area contributed by atoms with Crippen molar-refractivity contribution in [3.05, 3.63) is 69.5 Å². The Kier molecular flexibility index (Phi) is 6.28. The predicted molar refractivity (Wildman–Crippen MR) is 97.0 cm³/mol. The van der Waals surface area contributed by atoms with E-state index in [0.717, 1.165) is 19.2 Å². The maximum absolute atomic E-state index is 14.1. The Hall–Kier alpha value is -3.00. The number of nitrogens with one attached hydrogen (secondary N) is 1. The maximum atomic E-state index is 14.1. The molecule has 1 aliphatic rings. The molecule has 0 amide bonds. The van der Waals surface area contributed by atoms with Crippen LogP contribution in [0.4, 0.5) is 39.5 Å². The van der Waals surface area contributed by atoms with E-state index < -0.39 is 57.6 Å². The topological polar surface area (TPSA) is 60.5 Å². The second-order valence-electron chi connectivity index (χ2n) is 6.82. The Balaban J connectivity index is 2.21. The van der Waals surface area contributed by atoms with Crippen molar-refractivity contribution in [1.29, 1.82) is 0 Å². The van der Waals surface area contributed by atoms with Crippen LogP contribution < -0.4 is 5.48 Å². The van der Waals surface area contributed by atoms with Gasteiger partial charge < -0.3 is 4.74 Å². The lowest BCUT2D eigenvalue weighted by Gasteiger charge is -2.29. The van der Waals surface area contributed by atoms with E-state index in [1.807, 2.05) is 5.48 Å². The average molecular weight is 521 g/mol. The van der Waals surface area contributed by atoms with Gasteiger partial charge in [0.25, 0.3) is 0 Å². The van der Waals surface area contributed by atoms with E-state index in [4.69, 9.17) is 11.6 Å². The highest BCUT2D eigenvalue weighted by Gasteiger charge is 2.60. The number of carbonyl (C=O) groups is 1. The van der Waals surface area contributed by atoms with Gasteiger partial charge in [-0.1, -0.05) is 11.6 Å². The minimum atomic E-state index is -5.52. The molecular formula is C19H10ClF9N2O3. The maximum Gasteiger partial charge on any atom is 0.428 e. The van der Waals surface area contributed by atoms with E-state index >= 15 is 0 Å². The summed E-state index contributed by atoms with van der Waals surface area (Å²) in [6.07, 6.45) is -16.1. The van der Waals surface area contributed by atoms with E-state index in [0.29, 0.717) is 0 Å². The number of benzene rings is 1. The van der Waals surface area contributed by atoms with Crippen LogP contribution in [0.5, 0.6) is 0 Å². The van der Waals surface area contributed by atoms with E-state index in [2.05, 4.69) is 14.6 Å². The van der Waals surface area contributed by atoms with Crippen LogP contribution in [0.3, 0.4) is 0 Å². The summed E-state index contributed by atoms with van der Waals surface area (Å²) in [6, 6.07) is 1.56. The minimum absolute atomic E-state index is 0.0926. The van der Waals surface area contributed by atoms with Crippen molar-refractivity contribution in [1.82, 2.24) is 10.5 Å². The second kappa shape index (κ2) is 8.34. The van der Waals surface area contributed by atoms with Gasteiger partial charge in [0.1, 0.15) is 5.15 Å². The molecule has 0 radical (unpaired) electrons. The van der Waals surface area contributed by atoms with E-state index in [1.165, 1.54) is 0 Å². The van der Waals surface area contributed by atoms with Crippen LogP contribution >= 0.6 is 11.6 Å². The van der Waals surface area contributed by atoms with Crippen LogP contribution in [-0.2, 0) is 27.5 Å². The minimum Gasteiger partial charge on any atom is -0.465 e. The number of esters is 1. The summed E-state index contributed by atoms with van der Waals surface area (Å²) in [5, 5.41) is -0.491. The number of halogens is 10. The first-order valence-corrected chi connectivity index (χ1v) is 9.16. The lowest BCUT2D eigenvalue weighted by Crippen LogP contribution is -2.43. The zero-order chi connectivity index (χ0) is 25.7. The zero-order valence-corrected chi connectivity index (χ0v) is 17.2. The molecule has 1 aliphatic heterocycles. The van der Waals surface area contributed by atoms with Crippen molar-refractivity contribution >= 4 is 23.3 Å². The largest absolute Gasteiger partial charge is 0.465 e. The Labute approximate surface area is 189 Å². The van der Waals surface area contributed by atoms with E-state index in [-0.39, 0.29) is 35.5 Å². The third kappa shape index (κ3) is 4.64. The number of aromatic nitrogens is 1. The summed E-state index contributed by atoms with van der Waals surface area (Å²) >= 11 is 5.82. The fraction of sp³-hybridized carbons (Fsp3) is 0.263. The highest BCUT2D eigenvalue weighted by Crippen LogP contribution is 2.49. The summed E-state index contributed by atoms with van der Waals surface area (Å²) in [4.78, 5) is 19.8. The summed E-state index contributed by atoms with van der Waals surface area (Å²) in [7, 11) is 1.03. The fourth-order valence-electron chi connectivity index (χ4n) is 2.99. The van der Waals surface area contributed by atoms with Gasteiger partial charge in [-0.2, -0.15) is 39.5 Å². The molecule has 1 aromatic heterocycles. The fourth-order valence-corrected chi connectivity index (χ4v) is 3.22. The molecule has 0 bridgehead atoms. The van der Waals surface area contributed by atoms with Crippen LogP contribution in [0.15, 0.2) is 36.4 Å². The number of pyridine rings is 1. The molecule has 15 heteroatoms. The van der Waals surface area contributed by atoms with Gasteiger partial charge in [-0.25, -0.2) is 9.78 Å². The first-order chi connectivity index (χ1) is 15.5. The third-order valence-electron chi connectivity index (χ3n) is 4.64. The van der Waals surface area contributed by atoms with Crippen LogP contribution in [0.25, 0.3) is 5.70 Å².